The van der Waals surface area contributed by atoms with Gasteiger partial charge in [0.15, 0.2) is 0 Å². The number of nitro groups is 1. The maximum atomic E-state index is 11.0. The fourth-order valence-electron chi connectivity index (χ4n) is 2.97. The van der Waals surface area contributed by atoms with E-state index >= 15 is 0 Å². The van der Waals surface area contributed by atoms with Crippen molar-refractivity contribution in [1.29, 1.82) is 0 Å². The molecule has 2 rings (SSSR count). The normalized spacial score (nSPS) is 24.0. The van der Waals surface area contributed by atoms with Crippen molar-refractivity contribution < 1.29 is 14.8 Å². The summed E-state index contributed by atoms with van der Waals surface area (Å²) < 4.78 is 5.80. The Bertz CT molecular complexity index is 514. The molecule has 0 aliphatic heterocycles. The minimum absolute atomic E-state index is 0.184. The SMILES string of the molecule is CCC1(CC)C(O)CC1Oc1ccc(C)nc1[N+](=O)[O-]. The van der Waals surface area contributed by atoms with Crippen molar-refractivity contribution >= 4 is 5.82 Å². The third-order valence-corrected chi connectivity index (χ3v) is 4.48. The highest BCUT2D eigenvalue weighted by molar-refractivity contribution is 5.40. The molecular formula is C14H20N2O4. The molecule has 110 valence electrons. The number of hydrogen-bond donors (Lipinski definition) is 1. The Morgan fingerprint density at radius 3 is 2.65 bits per heavy atom. The van der Waals surface area contributed by atoms with Gasteiger partial charge in [0.25, 0.3) is 0 Å². The number of aliphatic hydroxyl groups excluding tert-OH is 1. The van der Waals surface area contributed by atoms with E-state index in [0.29, 0.717) is 12.1 Å². The first-order valence-electron chi connectivity index (χ1n) is 6.91. The van der Waals surface area contributed by atoms with Crippen LogP contribution in [0.15, 0.2) is 12.1 Å². The number of pyridine rings is 1. The monoisotopic (exact) mass is 280 g/mol. The Balaban J connectivity index is 2.25. The van der Waals surface area contributed by atoms with E-state index in [1.165, 1.54) is 0 Å². The second-order valence-electron chi connectivity index (χ2n) is 5.33. The van der Waals surface area contributed by atoms with Crippen LogP contribution in [0.4, 0.5) is 5.82 Å². The summed E-state index contributed by atoms with van der Waals surface area (Å²) in [4.78, 5) is 14.4. The van der Waals surface area contributed by atoms with E-state index in [1.54, 1.807) is 19.1 Å². The highest BCUT2D eigenvalue weighted by atomic mass is 16.6. The first kappa shape index (κ1) is 14.7. The van der Waals surface area contributed by atoms with Crippen molar-refractivity contribution in [2.45, 2.75) is 52.2 Å². The van der Waals surface area contributed by atoms with Crippen LogP contribution in [0.5, 0.6) is 5.75 Å². The summed E-state index contributed by atoms with van der Waals surface area (Å²) >= 11 is 0. The Morgan fingerprint density at radius 1 is 1.50 bits per heavy atom. The predicted molar refractivity (Wildman–Crippen MR) is 73.7 cm³/mol. The van der Waals surface area contributed by atoms with Crippen LogP contribution in [0, 0.1) is 22.5 Å². The molecule has 20 heavy (non-hydrogen) atoms. The van der Waals surface area contributed by atoms with E-state index in [4.69, 9.17) is 4.74 Å². The average Bonchev–Trinajstić information content (AvgIpc) is 2.41. The number of ether oxygens (including phenoxy) is 1. The molecule has 1 aromatic rings. The third kappa shape index (κ3) is 2.24. The molecule has 1 fully saturated rings. The van der Waals surface area contributed by atoms with Gasteiger partial charge in [0.05, 0.1) is 6.10 Å². The number of rotatable bonds is 5. The van der Waals surface area contributed by atoms with Gasteiger partial charge in [0.1, 0.15) is 11.8 Å². The van der Waals surface area contributed by atoms with Gasteiger partial charge in [-0.2, -0.15) is 0 Å². The minimum Gasteiger partial charge on any atom is -0.482 e. The van der Waals surface area contributed by atoms with Crippen LogP contribution in [0.1, 0.15) is 38.8 Å². The molecule has 0 spiro atoms. The quantitative estimate of drug-likeness (QED) is 0.662. The van der Waals surface area contributed by atoms with Gasteiger partial charge in [-0.15, -0.1) is 0 Å². The lowest BCUT2D eigenvalue weighted by molar-refractivity contribution is -0.391. The lowest BCUT2D eigenvalue weighted by atomic mass is 9.60. The fourth-order valence-corrected chi connectivity index (χ4v) is 2.97. The zero-order chi connectivity index (χ0) is 14.9. The maximum absolute atomic E-state index is 11.0. The minimum atomic E-state index is -0.531. The molecule has 6 nitrogen and oxygen atoms in total. The fraction of sp³-hybridized carbons (Fsp3) is 0.643. The van der Waals surface area contributed by atoms with Crippen LogP contribution < -0.4 is 4.74 Å². The van der Waals surface area contributed by atoms with E-state index < -0.39 is 11.0 Å². The van der Waals surface area contributed by atoms with Crippen LogP contribution in [-0.2, 0) is 0 Å². The molecule has 1 saturated carbocycles. The van der Waals surface area contributed by atoms with Crippen molar-refractivity contribution in [3.8, 4) is 5.75 Å². The summed E-state index contributed by atoms with van der Waals surface area (Å²) in [5, 5.41) is 21.0. The maximum Gasteiger partial charge on any atom is 0.406 e. The van der Waals surface area contributed by atoms with E-state index in [2.05, 4.69) is 4.98 Å². The Kier molecular flexibility index (Phi) is 3.94. The molecule has 2 atom stereocenters. The Morgan fingerprint density at radius 2 is 2.15 bits per heavy atom. The second-order valence-corrected chi connectivity index (χ2v) is 5.33. The predicted octanol–water partition coefficient (Wildman–Crippen LogP) is 2.62. The molecular weight excluding hydrogens is 260 g/mol. The molecule has 0 radical (unpaired) electrons. The molecule has 0 amide bonds. The topological polar surface area (TPSA) is 85.5 Å². The summed E-state index contributed by atoms with van der Waals surface area (Å²) in [7, 11) is 0. The van der Waals surface area contributed by atoms with Crippen LogP contribution >= 0.6 is 0 Å². The van der Waals surface area contributed by atoms with Gasteiger partial charge < -0.3 is 20.0 Å². The molecule has 6 heteroatoms. The summed E-state index contributed by atoms with van der Waals surface area (Å²) in [6.45, 7) is 5.71. The first-order chi connectivity index (χ1) is 9.44. The number of aryl methyl sites for hydroxylation is 1. The van der Waals surface area contributed by atoms with E-state index in [-0.39, 0.29) is 23.1 Å². The molecule has 1 N–H and O–H groups in total. The van der Waals surface area contributed by atoms with Gasteiger partial charge in [-0.05, 0) is 34.9 Å². The summed E-state index contributed by atoms with van der Waals surface area (Å²) in [5.41, 5.74) is 0.272. The van der Waals surface area contributed by atoms with Gasteiger partial charge in [0.2, 0.25) is 5.75 Å². The smallest absolute Gasteiger partial charge is 0.406 e. The van der Waals surface area contributed by atoms with Crippen LogP contribution in [0.3, 0.4) is 0 Å². The van der Waals surface area contributed by atoms with Gasteiger partial charge in [0, 0.05) is 18.8 Å². The van der Waals surface area contributed by atoms with Crippen molar-refractivity contribution in [1.82, 2.24) is 4.98 Å². The average molecular weight is 280 g/mol. The third-order valence-electron chi connectivity index (χ3n) is 4.48. The van der Waals surface area contributed by atoms with Gasteiger partial charge in [-0.1, -0.05) is 13.8 Å². The van der Waals surface area contributed by atoms with Crippen molar-refractivity contribution in [2.75, 3.05) is 0 Å². The van der Waals surface area contributed by atoms with E-state index in [0.717, 1.165) is 12.8 Å². The van der Waals surface area contributed by atoms with Crippen molar-refractivity contribution in [2.24, 2.45) is 5.41 Å². The lowest BCUT2D eigenvalue weighted by Crippen LogP contribution is -2.59. The molecule has 1 aliphatic carbocycles. The molecule has 1 aromatic heterocycles. The molecule has 2 unspecified atom stereocenters. The van der Waals surface area contributed by atoms with Crippen LogP contribution in [0.2, 0.25) is 0 Å². The zero-order valence-electron chi connectivity index (χ0n) is 12.0. The van der Waals surface area contributed by atoms with Crippen molar-refractivity contribution in [3.05, 3.63) is 27.9 Å². The number of aliphatic hydroxyl groups is 1. The molecule has 0 bridgehead atoms. The number of aromatic nitrogens is 1. The highest BCUT2D eigenvalue weighted by Crippen LogP contribution is 2.49. The summed E-state index contributed by atoms with van der Waals surface area (Å²) in [5.74, 6) is -0.0729. The van der Waals surface area contributed by atoms with Gasteiger partial charge >= 0.3 is 5.82 Å². The number of nitrogens with zero attached hydrogens (tertiary/aromatic N) is 2. The molecule has 1 aliphatic rings. The Hall–Kier alpha value is -1.69. The van der Waals surface area contributed by atoms with Gasteiger partial charge in [-0.3, -0.25) is 0 Å². The standard InChI is InChI=1S/C14H20N2O4/c1-4-14(5-2)11(17)8-12(14)20-10-7-6-9(3)15-13(10)16(18)19/h6-7,11-12,17H,4-5,8H2,1-3H3. The zero-order valence-corrected chi connectivity index (χ0v) is 12.0. The van der Waals surface area contributed by atoms with Crippen molar-refractivity contribution in [3.63, 3.8) is 0 Å². The first-order valence-corrected chi connectivity index (χ1v) is 6.91. The largest absolute Gasteiger partial charge is 0.482 e. The van der Waals surface area contributed by atoms with Gasteiger partial charge in [-0.25, -0.2) is 0 Å². The molecule has 1 heterocycles. The van der Waals surface area contributed by atoms with Crippen LogP contribution in [-0.4, -0.2) is 27.2 Å². The van der Waals surface area contributed by atoms with Crippen LogP contribution in [0.25, 0.3) is 0 Å². The summed E-state index contributed by atoms with van der Waals surface area (Å²) in [6, 6.07) is 3.28. The lowest BCUT2D eigenvalue weighted by Gasteiger charge is -2.52. The Labute approximate surface area is 117 Å². The second kappa shape index (κ2) is 5.36. The van der Waals surface area contributed by atoms with E-state index in [9.17, 15) is 15.2 Å². The highest BCUT2D eigenvalue weighted by Gasteiger charge is 2.54. The molecule has 0 saturated heterocycles. The number of hydrogen-bond acceptors (Lipinski definition) is 5. The summed E-state index contributed by atoms with van der Waals surface area (Å²) in [6.07, 6.45) is 1.47. The molecule has 0 aromatic carbocycles. The van der Waals surface area contributed by atoms with E-state index in [1.807, 2.05) is 13.8 Å².